The Bertz CT molecular complexity index is 329. The van der Waals surface area contributed by atoms with Crippen LogP contribution >= 0.6 is 0 Å². The number of carbonyl (C=O) groups is 1. The Morgan fingerprint density at radius 3 is 3.07 bits per heavy atom. The Labute approximate surface area is 82.7 Å². The molecule has 0 saturated carbocycles. The first-order chi connectivity index (χ1) is 6.81. The molecule has 0 radical (unpaired) electrons. The summed E-state index contributed by atoms with van der Waals surface area (Å²) in [5.74, 6) is 0.733. The Morgan fingerprint density at radius 2 is 2.50 bits per heavy atom. The molecule has 1 aliphatic heterocycles. The zero-order chi connectivity index (χ0) is 9.97. The summed E-state index contributed by atoms with van der Waals surface area (Å²) in [5, 5.41) is 6.03. The van der Waals surface area contributed by atoms with Crippen LogP contribution in [0.3, 0.4) is 0 Å². The highest BCUT2D eigenvalue weighted by atomic mass is 16.3. The first-order valence-corrected chi connectivity index (χ1v) is 4.89. The molecule has 1 aliphatic rings. The van der Waals surface area contributed by atoms with E-state index >= 15 is 0 Å². The van der Waals surface area contributed by atoms with E-state index in [0.29, 0.717) is 5.56 Å². The van der Waals surface area contributed by atoms with Gasteiger partial charge in [-0.25, -0.2) is 0 Å². The van der Waals surface area contributed by atoms with E-state index in [2.05, 4.69) is 10.6 Å². The van der Waals surface area contributed by atoms with Crippen molar-refractivity contribution >= 4 is 5.91 Å². The van der Waals surface area contributed by atoms with Gasteiger partial charge < -0.3 is 15.1 Å². The van der Waals surface area contributed by atoms with Crippen LogP contribution in [0.25, 0.3) is 0 Å². The van der Waals surface area contributed by atoms with Gasteiger partial charge in [0.2, 0.25) is 0 Å². The number of aryl methyl sites for hydroxylation is 1. The minimum absolute atomic E-state index is 0.0258. The van der Waals surface area contributed by atoms with E-state index in [1.54, 1.807) is 12.3 Å². The summed E-state index contributed by atoms with van der Waals surface area (Å²) in [6.45, 7) is 3.70. The van der Waals surface area contributed by atoms with Crippen molar-refractivity contribution in [2.24, 2.45) is 0 Å². The molecular weight excluding hydrogens is 180 g/mol. The number of rotatable bonds is 3. The van der Waals surface area contributed by atoms with E-state index < -0.39 is 0 Å². The van der Waals surface area contributed by atoms with E-state index in [9.17, 15) is 4.79 Å². The van der Waals surface area contributed by atoms with Gasteiger partial charge in [-0.05, 0) is 6.07 Å². The Hall–Kier alpha value is -1.29. The molecule has 1 aromatic heterocycles. The molecule has 1 amide bonds. The van der Waals surface area contributed by atoms with Crippen LogP contribution in [-0.4, -0.2) is 25.0 Å². The van der Waals surface area contributed by atoms with Gasteiger partial charge in [0, 0.05) is 19.5 Å². The highest BCUT2D eigenvalue weighted by Crippen LogP contribution is 2.11. The van der Waals surface area contributed by atoms with Gasteiger partial charge in [-0.1, -0.05) is 6.92 Å². The lowest BCUT2D eigenvalue weighted by Gasteiger charge is -2.27. The molecule has 1 aromatic rings. The summed E-state index contributed by atoms with van der Waals surface area (Å²) in [5.41, 5.74) is 0.666. The molecule has 1 saturated heterocycles. The Morgan fingerprint density at radius 1 is 1.71 bits per heavy atom. The SMILES string of the molecule is CCc1occc1C(=O)NC1CNC1. The maximum atomic E-state index is 11.7. The lowest BCUT2D eigenvalue weighted by atomic mass is 10.1. The van der Waals surface area contributed by atoms with Crippen LogP contribution in [0.2, 0.25) is 0 Å². The zero-order valence-electron chi connectivity index (χ0n) is 8.17. The maximum Gasteiger partial charge on any atom is 0.255 e. The van der Waals surface area contributed by atoms with Crippen LogP contribution in [0.15, 0.2) is 16.7 Å². The summed E-state index contributed by atoms with van der Waals surface area (Å²) < 4.78 is 5.19. The van der Waals surface area contributed by atoms with Crippen LogP contribution in [0.1, 0.15) is 23.0 Å². The maximum absolute atomic E-state index is 11.7. The second-order valence-electron chi connectivity index (χ2n) is 3.44. The number of hydrogen-bond acceptors (Lipinski definition) is 3. The first-order valence-electron chi connectivity index (χ1n) is 4.89. The molecule has 4 nitrogen and oxygen atoms in total. The van der Waals surface area contributed by atoms with Crippen LogP contribution in [-0.2, 0) is 6.42 Å². The quantitative estimate of drug-likeness (QED) is 0.738. The minimum atomic E-state index is -0.0258. The highest BCUT2D eigenvalue weighted by molar-refractivity contribution is 5.95. The van der Waals surface area contributed by atoms with Gasteiger partial charge in [-0.3, -0.25) is 4.79 Å². The zero-order valence-corrected chi connectivity index (χ0v) is 8.17. The second-order valence-corrected chi connectivity index (χ2v) is 3.44. The fraction of sp³-hybridized carbons (Fsp3) is 0.500. The van der Waals surface area contributed by atoms with Crippen LogP contribution in [0, 0.1) is 0 Å². The molecule has 2 rings (SSSR count). The minimum Gasteiger partial charge on any atom is -0.469 e. The largest absolute Gasteiger partial charge is 0.469 e. The lowest BCUT2D eigenvalue weighted by Crippen LogP contribution is -2.56. The molecule has 76 valence electrons. The van der Waals surface area contributed by atoms with Crippen LogP contribution < -0.4 is 10.6 Å². The predicted molar refractivity (Wildman–Crippen MR) is 52.2 cm³/mol. The van der Waals surface area contributed by atoms with Gasteiger partial charge in [-0.15, -0.1) is 0 Å². The molecule has 2 N–H and O–H groups in total. The molecule has 2 heterocycles. The summed E-state index contributed by atoms with van der Waals surface area (Å²) in [6, 6.07) is 2.00. The third-order valence-electron chi connectivity index (χ3n) is 2.43. The molecule has 0 spiro atoms. The normalized spacial score (nSPS) is 16.4. The average Bonchev–Trinajstić information content (AvgIpc) is 2.58. The topological polar surface area (TPSA) is 54.3 Å². The number of carbonyl (C=O) groups excluding carboxylic acids is 1. The summed E-state index contributed by atoms with van der Waals surface area (Å²) in [6.07, 6.45) is 2.31. The van der Waals surface area contributed by atoms with Gasteiger partial charge in [0.1, 0.15) is 5.76 Å². The van der Waals surface area contributed by atoms with E-state index in [4.69, 9.17) is 4.42 Å². The first kappa shape index (κ1) is 9.27. The van der Waals surface area contributed by atoms with Gasteiger partial charge in [0.25, 0.3) is 5.91 Å². The van der Waals surface area contributed by atoms with Gasteiger partial charge in [0.15, 0.2) is 0 Å². The van der Waals surface area contributed by atoms with Gasteiger partial charge in [-0.2, -0.15) is 0 Å². The third-order valence-corrected chi connectivity index (χ3v) is 2.43. The molecule has 0 bridgehead atoms. The summed E-state index contributed by atoms with van der Waals surface area (Å²) in [4.78, 5) is 11.7. The number of amides is 1. The number of furan rings is 1. The molecule has 14 heavy (non-hydrogen) atoms. The number of nitrogens with one attached hydrogen (secondary N) is 2. The highest BCUT2D eigenvalue weighted by Gasteiger charge is 2.21. The molecule has 0 unspecified atom stereocenters. The molecular formula is C10H14N2O2. The molecule has 4 heteroatoms. The van der Waals surface area contributed by atoms with Crippen molar-refractivity contribution in [1.82, 2.24) is 10.6 Å². The van der Waals surface area contributed by atoms with Crippen molar-refractivity contribution in [2.75, 3.05) is 13.1 Å². The molecule has 0 atom stereocenters. The van der Waals surface area contributed by atoms with Gasteiger partial charge >= 0.3 is 0 Å². The van der Waals surface area contributed by atoms with Gasteiger partial charge in [0.05, 0.1) is 17.9 Å². The third kappa shape index (κ3) is 1.65. The van der Waals surface area contributed by atoms with E-state index in [1.165, 1.54) is 0 Å². The van der Waals surface area contributed by atoms with Crippen molar-refractivity contribution in [2.45, 2.75) is 19.4 Å². The number of hydrogen-bond donors (Lipinski definition) is 2. The van der Waals surface area contributed by atoms with Crippen molar-refractivity contribution < 1.29 is 9.21 Å². The van der Waals surface area contributed by atoms with Crippen molar-refractivity contribution in [3.05, 3.63) is 23.7 Å². The average molecular weight is 194 g/mol. The molecule has 1 fully saturated rings. The predicted octanol–water partition coefficient (Wildman–Crippen LogP) is 0.544. The second kappa shape index (κ2) is 3.84. The van der Waals surface area contributed by atoms with Crippen LogP contribution in [0.4, 0.5) is 0 Å². The van der Waals surface area contributed by atoms with Crippen LogP contribution in [0.5, 0.6) is 0 Å². The summed E-state index contributed by atoms with van der Waals surface area (Å²) >= 11 is 0. The van der Waals surface area contributed by atoms with Crippen molar-refractivity contribution in [3.8, 4) is 0 Å². The standard InChI is InChI=1S/C10H14N2O2/c1-2-9-8(3-4-14-9)10(13)12-7-5-11-6-7/h3-4,7,11H,2,5-6H2,1H3,(H,12,13). The fourth-order valence-corrected chi connectivity index (χ4v) is 1.47. The molecule has 0 aromatic carbocycles. The van der Waals surface area contributed by atoms with Crippen molar-refractivity contribution in [1.29, 1.82) is 0 Å². The Balaban J connectivity index is 2.02. The van der Waals surface area contributed by atoms with E-state index in [1.807, 2.05) is 6.92 Å². The van der Waals surface area contributed by atoms with Crippen molar-refractivity contribution in [3.63, 3.8) is 0 Å². The molecule has 0 aliphatic carbocycles. The summed E-state index contributed by atoms with van der Waals surface area (Å²) in [7, 11) is 0. The smallest absolute Gasteiger partial charge is 0.255 e. The van der Waals surface area contributed by atoms with E-state index in [-0.39, 0.29) is 11.9 Å². The van der Waals surface area contributed by atoms with E-state index in [0.717, 1.165) is 25.3 Å². The Kier molecular flexibility index (Phi) is 2.54. The lowest BCUT2D eigenvalue weighted by molar-refractivity contribution is 0.0922. The fourth-order valence-electron chi connectivity index (χ4n) is 1.47. The monoisotopic (exact) mass is 194 g/mol.